The summed E-state index contributed by atoms with van der Waals surface area (Å²) < 4.78 is 4.65. The summed E-state index contributed by atoms with van der Waals surface area (Å²) in [6.07, 6.45) is 1.01. The van der Waals surface area contributed by atoms with Gasteiger partial charge in [-0.1, -0.05) is 6.92 Å². The highest BCUT2D eigenvalue weighted by Crippen LogP contribution is 1.88. The molecule has 72 valence electrons. The highest BCUT2D eigenvalue weighted by Gasteiger charge is 2.03. The van der Waals surface area contributed by atoms with Crippen molar-refractivity contribution in [3.05, 3.63) is 0 Å². The van der Waals surface area contributed by atoms with Crippen molar-refractivity contribution in [2.75, 3.05) is 33.9 Å². The summed E-state index contributed by atoms with van der Waals surface area (Å²) in [5.41, 5.74) is 0. The maximum absolute atomic E-state index is 10.9. The third-order valence-electron chi connectivity index (χ3n) is 1.29. The number of hydrogen-bond acceptors (Lipinski definition) is 4. The monoisotopic (exact) mass is 175 g/mol. The van der Waals surface area contributed by atoms with E-state index in [0.29, 0.717) is 0 Å². The van der Waals surface area contributed by atoms with Crippen molar-refractivity contribution in [1.29, 1.82) is 0 Å². The smallest absolute Gasteiger partial charge is 0.186 e. The molecule has 0 aromatic carbocycles. The Hall–Kier alpha value is -0.450. The Bertz CT molecular complexity index is 127. The van der Waals surface area contributed by atoms with Gasteiger partial charge in [-0.25, -0.2) is 0 Å². The number of rotatable bonds is 7. The van der Waals surface area contributed by atoms with Gasteiger partial charge in [0, 0.05) is 20.7 Å². The van der Waals surface area contributed by atoms with Gasteiger partial charge in [0.15, 0.2) is 5.78 Å². The summed E-state index contributed by atoms with van der Waals surface area (Å²) >= 11 is 0. The molecule has 0 bridgehead atoms. The Morgan fingerprint density at radius 3 is 2.58 bits per heavy atom. The zero-order chi connectivity index (χ0) is 9.40. The normalized spacial score (nSPS) is 10.7. The predicted molar refractivity (Wildman–Crippen MR) is 45.8 cm³/mol. The summed E-state index contributed by atoms with van der Waals surface area (Å²) in [7, 11) is 3.30. The lowest BCUT2D eigenvalue weighted by molar-refractivity contribution is -0.160. The molecule has 0 spiro atoms. The third kappa shape index (κ3) is 6.27. The Kier molecular flexibility index (Phi) is 6.94. The Balaban J connectivity index is 3.33. The molecule has 0 unspecified atom stereocenters. The van der Waals surface area contributed by atoms with E-state index in [2.05, 4.69) is 11.7 Å². The maximum Gasteiger partial charge on any atom is 0.186 e. The molecule has 0 radical (unpaired) electrons. The molecule has 0 aromatic heterocycles. The molecule has 4 nitrogen and oxygen atoms in total. The predicted octanol–water partition coefficient (Wildman–Crippen LogP) is 0.475. The molecule has 0 fully saturated rings. The van der Waals surface area contributed by atoms with Crippen LogP contribution in [0.25, 0.3) is 0 Å². The van der Waals surface area contributed by atoms with E-state index in [1.807, 2.05) is 7.05 Å². The van der Waals surface area contributed by atoms with Crippen LogP contribution in [0.5, 0.6) is 0 Å². The molecular weight excluding hydrogens is 158 g/mol. The van der Waals surface area contributed by atoms with Crippen LogP contribution >= 0.6 is 0 Å². The number of ether oxygens (including phenoxy) is 1. The lowest BCUT2D eigenvalue weighted by atomic mass is 10.4. The van der Waals surface area contributed by atoms with Crippen LogP contribution in [0.3, 0.4) is 0 Å². The lowest BCUT2D eigenvalue weighted by Gasteiger charge is -2.14. The molecule has 0 saturated heterocycles. The lowest BCUT2D eigenvalue weighted by Crippen LogP contribution is -2.25. The van der Waals surface area contributed by atoms with Gasteiger partial charge in [-0.3, -0.25) is 9.63 Å². The van der Waals surface area contributed by atoms with Crippen LogP contribution in [-0.4, -0.2) is 44.8 Å². The van der Waals surface area contributed by atoms with Gasteiger partial charge in [0.1, 0.15) is 13.2 Å². The van der Waals surface area contributed by atoms with E-state index in [1.165, 1.54) is 7.11 Å². The summed E-state index contributed by atoms with van der Waals surface area (Å²) in [5.74, 6) is -0.0412. The number of carbonyl (C=O) groups is 1. The number of carbonyl (C=O) groups excluding carboxylic acids is 1. The second kappa shape index (κ2) is 7.21. The van der Waals surface area contributed by atoms with Gasteiger partial charge in [-0.15, -0.1) is 0 Å². The molecule has 0 aliphatic heterocycles. The average molecular weight is 175 g/mol. The van der Waals surface area contributed by atoms with Crippen molar-refractivity contribution in [2.24, 2.45) is 0 Å². The first-order valence-corrected chi connectivity index (χ1v) is 4.05. The SMILES string of the molecule is CCCN(C)OCC(=O)COC. The maximum atomic E-state index is 10.9. The highest BCUT2D eigenvalue weighted by atomic mass is 16.7. The molecular formula is C8H17NO3. The molecule has 0 aliphatic rings. The molecule has 0 aliphatic carbocycles. The van der Waals surface area contributed by atoms with Crippen LogP contribution in [0.2, 0.25) is 0 Å². The van der Waals surface area contributed by atoms with Crippen molar-refractivity contribution < 1.29 is 14.4 Å². The Morgan fingerprint density at radius 2 is 2.08 bits per heavy atom. The molecule has 0 atom stereocenters. The quantitative estimate of drug-likeness (QED) is 0.527. The van der Waals surface area contributed by atoms with Crippen molar-refractivity contribution in [3.63, 3.8) is 0 Å². The zero-order valence-corrected chi connectivity index (χ0v) is 8.00. The van der Waals surface area contributed by atoms with Gasteiger partial charge in [0.25, 0.3) is 0 Å². The summed E-state index contributed by atoms with van der Waals surface area (Å²) in [5, 5.41) is 1.66. The van der Waals surface area contributed by atoms with E-state index >= 15 is 0 Å². The first kappa shape index (κ1) is 11.6. The van der Waals surface area contributed by atoms with Gasteiger partial charge in [-0.05, 0) is 6.42 Å². The van der Waals surface area contributed by atoms with Crippen LogP contribution in [0.4, 0.5) is 0 Å². The molecule has 0 heterocycles. The van der Waals surface area contributed by atoms with Gasteiger partial charge >= 0.3 is 0 Å². The summed E-state index contributed by atoms with van der Waals surface area (Å²) in [6, 6.07) is 0. The molecule has 0 aromatic rings. The van der Waals surface area contributed by atoms with E-state index in [0.717, 1.165) is 13.0 Å². The van der Waals surface area contributed by atoms with E-state index in [9.17, 15) is 4.79 Å². The second-order valence-corrected chi connectivity index (χ2v) is 2.60. The standard InChI is InChI=1S/C8H17NO3/c1-4-5-9(2)12-7-8(10)6-11-3/h4-7H2,1-3H3. The van der Waals surface area contributed by atoms with Gasteiger partial charge in [0.05, 0.1) is 0 Å². The van der Waals surface area contributed by atoms with Crippen LogP contribution in [-0.2, 0) is 14.4 Å². The van der Waals surface area contributed by atoms with Gasteiger partial charge in [0.2, 0.25) is 0 Å². The minimum atomic E-state index is -0.0412. The molecule has 0 rings (SSSR count). The Labute approximate surface area is 73.4 Å². The largest absolute Gasteiger partial charge is 0.377 e. The molecule has 0 N–H and O–H groups in total. The van der Waals surface area contributed by atoms with E-state index in [1.54, 1.807) is 5.06 Å². The van der Waals surface area contributed by atoms with Crippen LogP contribution in [0, 0.1) is 0 Å². The van der Waals surface area contributed by atoms with Crippen molar-refractivity contribution in [2.45, 2.75) is 13.3 Å². The van der Waals surface area contributed by atoms with Crippen LogP contribution < -0.4 is 0 Å². The zero-order valence-electron chi connectivity index (χ0n) is 8.00. The number of nitrogens with zero attached hydrogens (tertiary/aromatic N) is 1. The van der Waals surface area contributed by atoms with E-state index in [4.69, 9.17) is 4.84 Å². The minimum absolute atomic E-state index is 0.0412. The van der Waals surface area contributed by atoms with E-state index < -0.39 is 0 Å². The van der Waals surface area contributed by atoms with Crippen molar-refractivity contribution in [1.82, 2.24) is 5.06 Å². The first-order valence-electron chi connectivity index (χ1n) is 4.05. The Morgan fingerprint density at radius 1 is 1.42 bits per heavy atom. The summed E-state index contributed by atoms with van der Waals surface area (Å²) in [6.45, 7) is 3.11. The molecule has 0 amide bonds. The summed E-state index contributed by atoms with van der Waals surface area (Å²) in [4.78, 5) is 16.0. The van der Waals surface area contributed by atoms with Gasteiger partial charge < -0.3 is 4.74 Å². The third-order valence-corrected chi connectivity index (χ3v) is 1.29. The molecule has 4 heteroatoms. The van der Waals surface area contributed by atoms with E-state index in [-0.39, 0.29) is 19.0 Å². The fraction of sp³-hybridized carbons (Fsp3) is 0.875. The fourth-order valence-corrected chi connectivity index (χ4v) is 0.764. The number of Topliss-reactive ketones (excluding diaryl/α,β-unsaturated/α-hetero) is 1. The number of ketones is 1. The average Bonchev–Trinajstić information content (AvgIpc) is 2.02. The minimum Gasteiger partial charge on any atom is -0.377 e. The molecule has 0 saturated carbocycles. The van der Waals surface area contributed by atoms with Crippen LogP contribution in [0.15, 0.2) is 0 Å². The number of hydrogen-bond donors (Lipinski definition) is 0. The highest BCUT2D eigenvalue weighted by molar-refractivity contribution is 5.80. The topological polar surface area (TPSA) is 38.8 Å². The number of methoxy groups -OCH3 is 1. The van der Waals surface area contributed by atoms with Crippen molar-refractivity contribution >= 4 is 5.78 Å². The van der Waals surface area contributed by atoms with Crippen molar-refractivity contribution in [3.8, 4) is 0 Å². The van der Waals surface area contributed by atoms with Crippen LogP contribution in [0.1, 0.15) is 13.3 Å². The number of hydroxylamine groups is 2. The second-order valence-electron chi connectivity index (χ2n) is 2.60. The fourth-order valence-electron chi connectivity index (χ4n) is 0.764. The first-order chi connectivity index (χ1) is 5.70. The molecule has 12 heavy (non-hydrogen) atoms. The van der Waals surface area contributed by atoms with Gasteiger partial charge in [-0.2, -0.15) is 5.06 Å².